The quantitative estimate of drug-likeness (QED) is 0.825. The Bertz CT molecular complexity index is 510. The van der Waals surface area contributed by atoms with Gasteiger partial charge in [-0.05, 0) is 48.6 Å². The number of aliphatic hydroxyl groups excluding tert-OH is 1. The molecule has 5 nitrogen and oxygen atoms in total. The van der Waals surface area contributed by atoms with Crippen molar-refractivity contribution in [1.29, 1.82) is 0 Å². The Morgan fingerprint density at radius 3 is 2.50 bits per heavy atom. The molecule has 0 saturated carbocycles. The molecule has 0 aromatic heterocycles. The van der Waals surface area contributed by atoms with Crippen LogP contribution in [0.5, 0.6) is 5.75 Å². The van der Waals surface area contributed by atoms with E-state index in [4.69, 9.17) is 9.84 Å². The van der Waals surface area contributed by atoms with Gasteiger partial charge in [-0.1, -0.05) is 0 Å². The summed E-state index contributed by atoms with van der Waals surface area (Å²) in [5.74, 6) is 2.55. The van der Waals surface area contributed by atoms with Crippen LogP contribution in [-0.4, -0.2) is 44.3 Å². The van der Waals surface area contributed by atoms with Crippen molar-refractivity contribution in [1.82, 2.24) is 4.72 Å². The number of thioether (sulfide) groups is 1. The summed E-state index contributed by atoms with van der Waals surface area (Å²) in [6.45, 7) is 0.130. The minimum absolute atomic E-state index is 0.0339. The van der Waals surface area contributed by atoms with Gasteiger partial charge >= 0.3 is 0 Å². The highest BCUT2D eigenvalue weighted by molar-refractivity contribution is 7.99. The van der Waals surface area contributed by atoms with Crippen molar-refractivity contribution >= 4 is 21.8 Å². The fourth-order valence-corrected chi connectivity index (χ4v) is 4.39. The van der Waals surface area contributed by atoms with Gasteiger partial charge in [-0.15, -0.1) is 0 Å². The molecule has 1 aromatic rings. The monoisotopic (exact) mass is 317 g/mol. The predicted molar refractivity (Wildman–Crippen MR) is 79.7 cm³/mol. The van der Waals surface area contributed by atoms with Crippen LogP contribution in [-0.2, 0) is 10.0 Å². The van der Waals surface area contributed by atoms with E-state index in [1.807, 2.05) is 11.8 Å². The molecule has 1 aliphatic rings. The van der Waals surface area contributed by atoms with Crippen LogP contribution in [0.2, 0.25) is 0 Å². The lowest BCUT2D eigenvalue weighted by Gasteiger charge is -2.22. The van der Waals surface area contributed by atoms with E-state index >= 15 is 0 Å². The van der Waals surface area contributed by atoms with Gasteiger partial charge in [0.05, 0.1) is 11.5 Å². The standard InChI is InChI=1S/C13H19NO4S2/c15-7-8-18-12-1-3-13(4-2-12)20(16,17)14-11-5-9-19-10-6-11/h1-4,11,14-15H,5-10H2. The van der Waals surface area contributed by atoms with E-state index in [1.54, 1.807) is 12.1 Å². The van der Waals surface area contributed by atoms with Crippen molar-refractivity contribution in [3.05, 3.63) is 24.3 Å². The van der Waals surface area contributed by atoms with Gasteiger partial charge in [0.15, 0.2) is 0 Å². The smallest absolute Gasteiger partial charge is 0.240 e. The molecule has 1 fully saturated rings. The first kappa shape index (κ1) is 15.6. The van der Waals surface area contributed by atoms with Crippen LogP contribution >= 0.6 is 11.8 Å². The minimum Gasteiger partial charge on any atom is -0.491 e. The van der Waals surface area contributed by atoms with Crippen molar-refractivity contribution in [3.8, 4) is 5.75 Å². The molecule has 2 N–H and O–H groups in total. The lowest BCUT2D eigenvalue weighted by molar-refractivity contribution is 0.201. The van der Waals surface area contributed by atoms with E-state index in [0.717, 1.165) is 24.3 Å². The second-order valence-electron chi connectivity index (χ2n) is 4.55. The zero-order chi connectivity index (χ0) is 14.4. The highest BCUT2D eigenvalue weighted by atomic mass is 32.2. The molecule has 0 atom stereocenters. The molecular formula is C13H19NO4S2. The molecule has 0 bridgehead atoms. The zero-order valence-electron chi connectivity index (χ0n) is 11.1. The van der Waals surface area contributed by atoms with E-state index < -0.39 is 10.0 Å². The highest BCUT2D eigenvalue weighted by Gasteiger charge is 2.21. The Hall–Kier alpha value is -0.760. The van der Waals surface area contributed by atoms with Crippen molar-refractivity contribution in [3.63, 3.8) is 0 Å². The Morgan fingerprint density at radius 1 is 1.25 bits per heavy atom. The van der Waals surface area contributed by atoms with Crippen molar-refractivity contribution < 1.29 is 18.3 Å². The Morgan fingerprint density at radius 2 is 1.90 bits per heavy atom. The molecule has 0 unspecified atom stereocenters. The number of benzene rings is 1. The number of hydrogen-bond acceptors (Lipinski definition) is 5. The van der Waals surface area contributed by atoms with Gasteiger partial charge in [0.25, 0.3) is 0 Å². The van der Waals surface area contributed by atoms with Crippen LogP contribution in [0.4, 0.5) is 0 Å². The molecule has 1 aromatic carbocycles. The van der Waals surface area contributed by atoms with E-state index in [1.165, 1.54) is 12.1 Å². The summed E-state index contributed by atoms with van der Waals surface area (Å²) in [4.78, 5) is 0.243. The molecular weight excluding hydrogens is 298 g/mol. The van der Waals surface area contributed by atoms with Gasteiger partial charge in [0, 0.05) is 6.04 Å². The van der Waals surface area contributed by atoms with Gasteiger partial charge in [0.1, 0.15) is 12.4 Å². The fraction of sp³-hybridized carbons (Fsp3) is 0.538. The van der Waals surface area contributed by atoms with Gasteiger partial charge in [-0.25, -0.2) is 13.1 Å². The number of nitrogens with one attached hydrogen (secondary N) is 1. The molecule has 20 heavy (non-hydrogen) atoms. The second-order valence-corrected chi connectivity index (χ2v) is 7.49. The Balaban J connectivity index is 2.01. The van der Waals surface area contributed by atoms with Crippen molar-refractivity contribution in [2.75, 3.05) is 24.7 Å². The largest absolute Gasteiger partial charge is 0.491 e. The van der Waals surface area contributed by atoms with Crippen molar-refractivity contribution in [2.24, 2.45) is 0 Å². The Labute approximate surface area is 123 Å². The summed E-state index contributed by atoms with van der Waals surface area (Å²) < 4.78 is 32.4. The number of sulfonamides is 1. The molecule has 1 saturated heterocycles. The van der Waals surface area contributed by atoms with Crippen LogP contribution < -0.4 is 9.46 Å². The topological polar surface area (TPSA) is 75.6 Å². The summed E-state index contributed by atoms with van der Waals surface area (Å²) in [6.07, 6.45) is 1.75. The van der Waals surface area contributed by atoms with E-state index in [0.29, 0.717) is 5.75 Å². The zero-order valence-corrected chi connectivity index (χ0v) is 12.8. The lowest BCUT2D eigenvalue weighted by atomic mass is 10.2. The van der Waals surface area contributed by atoms with Crippen LogP contribution in [0.15, 0.2) is 29.2 Å². The first-order valence-electron chi connectivity index (χ1n) is 6.55. The molecule has 0 radical (unpaired) electrons. The molecule has 1 aliphatic heterocycles. The first-order valence-corrected chi connectivity index (χ1v) is 9.19. The summed E-state index contributed by atoms with van der Waals surface area (Å²) in [5.41, 5.74) is 0. The molecule has 1 heterocycles. The third-order valence-electron chi connectivity index (χ3n) is 3.04. The Kier molecular flexibility index (Phi) is 5.71. The van der Waals surface area contributed by atoms with Crippen LogP contribution in [0.3, 0.4) is 0 Å². The number of ether oxygens (including phenoxy) is 1. The highest BCUT2D eigenvalue weighted by Crippen LogP contribution is 2.20. The molecule has 2 rings (SSSR count). The van der Waals surface area contributed by atoms with Crippen molar-refractivity contribution in [2.45, 2.75) is 23.8 Å². The van der Waals surface area contributed by atoms with E-state index in [2.05, 4.69) is 4.72 Å². The molecule has 7 heteroatoms. The summed E-state index contributed by atoms with van der Waals surface area (Å²) in [7, 11) is -3.46. The number of hydrogen-bond donors (Lipinski definition) is 2. The maximum Gasteiger partial charge on any atom is 0.240 e. The molecule has 0 spiro atoms. The van der Waals surface area contributed by atoms with Gasteiger partial charge in [-0.3, -0.25) is 0 Å². The third kappa shape index (κ3) is 4.37. The molecule has 112 valence electrons. The van der Waals surface area contributed by atoms with Crippen LogP contribution in [0.25, 0.3) is 0 Å². The SMILES string of the molecule is O=S(=O)(NC1CCSCC1)c1ccc(OCCO)cc1. The van der Waals surface area contributed by atoms with E-state index in [-0.39, 0.29) is 24.2 Å². The molecule has 0 amide bonds. The summed E-state index contributed by atoms with van der Waals surface area (Å²) in [6, 6.07) is 6.27. The fourth-order valence-electron chi connectivity index (χ4n) is 1.98. The predicted octanol–water partition coefficient (Wildman–Crippen LogP) is 1.23. The first-order chi connectivity index (χ1) is 9.62. The van der Waals surface area contributed by atoms with Crippen LogP contribution in [0, 0.1) is 0 Å². The van der Waals surface area contributed by atoms with Gasteiger partial charge in [-0.2, -0.15) is 11.8 Å². The average Bonchev–Trinajstić information content (AvgIpc) is 2.46. The maximum absolute atomic E-state index is 12.2. The van der Waals surface area contributed by atoms with Crippen LogP contribution in [0.1, 0.15) is 12.8 Å². The third-order valence-corrected chi connectivity index (χ3v) is 5.62. The van der Waals surface area contributed by atoms with Gasteiger partial charge in [0.2, 0.25) is 10.0 Å². The second kappa shape index (κ2) is 7.31. The maximum atomic E-state index is 12.2. The summed E-state index contributed by atoms with van der Waals surface area (Å²) >= 11 is 1.86. The summed E-state index contributed by atoms with van der Waals surface area (Å²) in [5, 5.41) is 8.66. The normalized spacial score (nSPS) is 17.1. The van der Waals surface area contributed by atoms with E-state index in [9.17, 15) is 8.42 Å². The molecule has 0 aliphatic carbocycles. The van der Waals surface area contributed by atoms with Gasteiger partial charge < -0.3 is 9.84 Å². The number of aliphatic hydroxyl groups is 1. The average molecular weight is 317 g/mol. The lowest BCUT2D eigenvalue weighted by Crippen LogP contribution is -2.37. The number of rotatable bonds is 6. The minimum atomic E-state index is -3.46.